The Bertz CT molecular complexity index is 619. The van der Waals surface area contributed by atoms with Crippen LogP contribution in [0.1, 0.15) is 42.2 Å². The van der Waals surface area contributed by atoms with Crippen LogP contribution in [0.15, 0.2) is 16.9 Å². The Kier molecular flexibility index (Phi) is 5.92. The molecule has 1 amide bonds. The number of aryl methyl sites for hydroxylation is 1. The van der Waals surface area contributed by atoms with Gasteiger partial charge in [-0.2, -0.15) is 0 Å². The first-order chi connectivity index (χ1) is 11.0. The average molecular weight is 322 g/mol. The Balaban J connectivity index is 2.25. The first kappa shape index (κ1) is 17.2. The van der Waals surface area contributed by atoms with Crippen molar-refractivity contribution < 1.29 is 19.4 Å². The molecule has 7 nitrogen and oxygen atoms in total. The maximum absolute atomic E-state index is 12.8. The third kappa shape index (κ3) is 4.66. The van der Waals surface area contributed by atoms with E-state index in [-0.39, 0.29) is 30.5 Å². The maximum atomic E-state index is 12.8. The van der Waals surface area contributed by atoms with Gasteiger partial charge >= 0.3 is 5.97 Å². The SMILES string of the molecule is CCc1cc(C(=O)N(CCC(=O)O)C2CCOCC2)cc(=O)[nH]1. The molecular formula is C16H22N2O5. The number of carboxylic acid groups (broad SMARTS) is 1. The third-order valence-corrected chi connectivity index (χ3v) is 3.99. The van der Waals surface area contributed by atoms with Gasteiger partial charge in [-0.15, -0.1) is 0 Å². The van der Waals surface area contributed by atoms with Crippen LogP contribution in [0.3, 0.4) is 0 Å². The molecule has 0 unspecified atom stereocenters. The lowest BCUT2D eigenvalue weighted by Crippen LogP contribution is -2.44. The molecule has 126 valence electrons. The molecule has 1 aliphatic heterocycles. The summed E-state index contributed by atoms with van der Waals surface area (Å²) >= 11 is 0. The van der Waals surface area contributed by atoms with E-state index in [9.17, 15) is 14.4 Å². The van der Waals surface area contributed by atoms with E-state index in [0.717, 1.165) is 0 Å². The molecule has 0 aliphatic carbocycles. The smallest absolute Gasteiger partial charge is 0.305 e. The predicted molar refractivity (Wildman–Crippen MR) is 83.6 cm³/mol. The number of aromatic nitrogens is 1. The normalized spacial score (nSPS) is 15.3. The lowest BCUT2D eigenvalue weighted by atomic mass is 10.0. The quantitative estimate of drug-likeness (QED) is 0.815. The maximum Gasteiger partial charge on any atom is 0.305 e. The van der Waals surface area contributed by atoms with E-state index < -0.39 is 5.97 Å². The van der Waals surface area contributed by atoms with Gasteiger partial charge in [0.2, 0.25) is 5.56 Å². The molecule has 1 aromatic rings. The van der Waals surface area contributed by atoms with Crippen molar-refractivity contribution in [2.24, 2.45) is 0 Å². The van der Waals surface area contributed by atoms with Crippen molar-refractivity contribution in [2.45, 2.75) is 38.6 Å². The Morgan fingerprint density at radius 1 is 1.35 bits per heavy atom. The van der Waals surface area contributed by atoms with Crippen molar-refractivity contribution in [3.63, 3.8) is 0 Å². The lowest BCUT2D eigenvalue weighted by molar-refractivity contribution is -0.137. The Hall–Kier alpha value is -2.15. The van der Waals surface area contributed by atoms with E-state index in [2.05, 4.69) is 4.98 Å². The van der Waals surface area contributed by atoms with Crippen LogP contribution < -0.4 is 5.56 Å². The monoisotopic (exact) mass is 322 g/mol. The van der Waals surface area contributed by atoms with Crippen LogP contribution in [0.4, 0.5) is 0 Å². The number of nitrogens with one attached hydrogen (secondary N) is 1. The fourth-order valence-corrected chi connectivity index (χ4v) is 2.74. The average Bonchev–Trinajstić information content (AvgIpc) is 2.55. The zero-order valence-corrected chi connectivity index (χ0v) is 13.2. The number of H-pyrrole nitrogens is 1. The topological polar surface area (TPSA) is 99.7 Å². The standard InChI is InChI=1S/C16H22N2O5/c1-2-12-9-11(10-14(19)17-12)16(22)18(6-3-15(20)21)13-4-7-23-8-5-13/h9-10,13H,2-8H2,1H3,(H,17,19)(H,20,21). The Labute approximate surface area is 134 Å². The number of carbonyl (C=O) groups is 2. The molecule has 7 heteroatoms. The molecule has 1 aromatic heterocycles. The van der Waals surface area contributed by atoms with Gasteiger partial charge in [0, 0.05) is 43.1 Å². The van der Waals surface area contributed by atoms with Crippen LogP contribution in [0.25, 0.3) is 0 Å². The molecule has 0 bridgehead atoms. The Morgan fingerprint density at radius 2 is 2.04 bits per heavy atom. The number of hydrogen-bond acceptors (Lipinski definition) is 4. The molecule has 2 rings (SSSR count). The first-order valence-corrected chi connectivity index (χ1v) is 7.85. The number of amides is 1. The Morgan fingerprint density at radius 3 is 2.65 bits per heavy atom. The molecular weight excluding hydrogens is 300 g/mol. The summed E-state index contributed by atoms with van der Waals surface area (Å²) in [6.45, 7) is 3.13. The highest BCUT2D eigenvalue weighted by Crippen LogP contribution is 2.18. The van der Waals surface area contributed by atoms with E-state index >= 15 is 0 Å². The number of nitrogens with zero attached hydrogens (tertiary/aromatic N) is 1. The van der Waals surface area contributed by atoms with Crippen molar-refractivity contribution >= 4 is 11.9 Å². The minimum absolute atomic E-state index is 0.0556. The summed E-state index contributed by atoms with van der Waals surface area (Å²) in [5.41, 5.74) is 0.673. The van der Waals surface area contributed by atoms with Gasteiger partial charge in [0.15, 0.2) is 0 Å². The molecule has 2 heterocycles. The molecule has 0 saturated carbocycles. The first-order valence-electron chi connectivity index (χ1n) is 7.85. The molecule has 0 radical (unpaired) electrons. The summed E-state index contributed by atoms with van der Waals surface area (Å²) in [6.07, 6.45) is 1.85. The molecule has 0 aromatic carbocycles. The zero-order chi connectivity index (χ0) is 16.8. The number of hydrogen-bond donors (Lipinski definition) is 2. The molecule has 1 aliphatic rings. The fourth-order valence-electron chi connectivity index (χ4n) is 2.74. The number of carboxylic acids is 1. The van der Waals surface area contributed by atoms with Crippen molar-refractivity contribution in [2.75, 3.05) is 19.8 Å². The van der Waals surface area contributed by atoms with Gasteiger partial charge in [0.25, 0.3) is 5.91 Å². The predicted octanol–water partition coefficient (Wildman–Crippen LogP) is 1.03. The lowest BCUT2D eigenvalue weighted by Gasteiger charge is -2.34. The summed E-state index contributed by atoms with van der Waals surface area (Å²) in [4.78, 5) is 39.7. The highest BCUT2D eigenvalue weighted by Gasteiger charge is 2.27. The number of pyridine rings is 1. The molecule has 2 N–H and O–H groups in total. The highest BCUT2D eigenvalue weighted by atomic mass is 16.5. The van der Waals surface area contributed by atoms with Gasteiger partial charge in [0.1, 0.15) is 0 Å². The number of rotatable bonds is 6. The largest absolute Gasteiger partial charge is 0.481 e. The third-order valence-electron chi connectivity index (χ3n) is 3.99. The van der Waals surface area contributed by atoms with Crippen molar-refractivity contribution in [1.82, 2.24) is 9.88 Å². The number of aliphatic carboxylic acids is 1. The van der Waals surface area contributed by atoms with Crippen LogP contribution in [0, 0.1) is 0 Å². The molecule has 1 fully saturated rings. The van der Waals surface area contributed by atoms with Crippen LogP contribution in [-0.2, 0) is 16.0 Å². The molecule has 23 heavy (non-hydrogen) atoms. The van der Waals surface area contributed by atoms with Crippen molar-refractivity contribution in [3.05, 3.63) is 33.7 Å². The summed E-state index contributed by atoms with van der Waals surface area (Å²) in [5.74, 6) is -1.24. The fraction of sp³-hybridized carbons (Fsp3) is 0.562. The van der Waals surface area contributed by atoms with Gasteiger partial charge in [-0.1, -0.05) is 6.92 Å². The van der Waals surface area contributed by atoms with E-state index in [4.69, 9.17) is 9.84 Å². The van der Waals surface area contributed by atoms with Gasteiger partial charge in [-0.25, -0.2) is 0 Å². The summed E-state index contributed by atoms with van der Waals surface area (Å²) in [5, 5.41) is 8.92. The van der Waals surface area contributed by atoms with E-state index in [1.807, 2.05) is 6.92 Å². The molecule has 0 spiro atoms. The van der Waals surface area contributed by atoms with E-state index in [1.54, 1.807) is 11.0 Å². The van der Waals surface area contributed by atoms with Crippen LogP contribution >= 0.6 is 0 Å². The van der Waals surface area contributed by atoms with Crippen molar-refractivity contribution in [1.29, 1.82) is 0 Å². The zero-order valence-electron chi connectivity index (χ0n) is 13.2. The second-order valence-electron chi connectivity index (χ2n) is 5.60. The van der Waals surface area contributed by atoms with Gasteiger partial charge in [0.05, 0.1) is 6.42 Å². The highest BCUT2D eigenvalue weighted by molar-refractivity contribution is 5.94. The van der Waals surface area contributed by atoms with Crippen LogP contribution in [0.5, 0.6) is 0 Å². The van der Waals surface area contributed by atoms with Crippen LogP contribution in [-0.4, -0.2) is 52.7 Å². The number of aromatic amines is 1. The molecule has 1 saturated heterocycles. The van der Waals surface area contributed by atoms with E-state index in [1.165, 1.54) is 6.07 Å². The minimum Gasteiger partial charge on any atom is -0.481 e. The van der Waals surface area contributed by atoms with Crippen LogP contribution in [0.2, 0.25) is 0 Å². The van der Waals surface area contributed by atoms with Crippen molar-refractivity contribution in [3.8, 4) is 0 Å². The number of carbonyl (C=O) groups excluding carboxylic acids is 1. The second kappa shape index (κ2) is 7.92. The molecule has 0 atom stereocenters. The summed E-state index contributed by atoms with van der Waals surface area (Å²) in [6, 6.07) is 2.88. The van der Waals surface area contributed by atoms with Gasteiger partial charge in [-0.3, -0.25) is 14.4 Å². The second-order valence-corrected chi connectivity index (χ2v) is 5.60. The number of ether oxygens (including phenoxy) is 1. The van der Waals surface area contributed by atoms with Gasteiger partial charge in [-0.05, 0) is 25.3 Å². The summed E-state index contributed by atoms with van der Waals surface area (Å²) < 4.78 is 5.31. The summed E-state index contributed by atoms with van der Waals surface area (Å²) in [7, 11) is 0. The van der Waals surface area contributed by atoms with Gasteiger partial charge < -0.3 is 19.7 Å². The minimum atomic E-state index is -0.949. The van der Waals surface area contributed by atoms with E-state index in [0.29, 0.717) is 43.7 Å².